The van der Waals surface area contributed by atoms with Crippen molar-refractivity contribution in [2.45, 2.75) is 45.9 Å². The van der Waals surface area contributed by atoms with Gasteiger partial charge in [0.2, 0.25) is 0 Å². The lowest BCUT2D eigenvalue weighted by Gasteiger charge is -2.48. The predicted octanol–water partition coefficient (Wildman–Crippen LogP) is 6.47. The maximum absolute atomic E-state index is 10.9. The molecule has 1 aromatic heterocycles. The van der Waals surface area contributed by atoms with E-state index in [2.05, 4.69) is 69.4 Å². The van der Waals surface area contributed by atoms with Crippen molar-refractivity contribution < 1.29 is 9.84 Å². The van der Waals surface area contributed by atoms with Crippen LogP contribution in [0.4, 0.5) is 5.69 Å². The summed E-state index contributed by atoms with van der Waals surface area (Å²) in [7, 11) is 0. The Balaban J connectivity index is 0.00000127. The van der Waals surface area contributed by atoms with Crippen LogP contribution < -0.4 is 9.64 Å². The van der Waals surface area contributed by atoms with Gasteiger partial charge in [0.25, 0.3) is 0 Å². The molecule has 7 rings (SSSR count). The molecule has 206 valence electrons. The van der Waals surface area contributed by atoms with Gasteiger partial charge in [0.05, 0.1) is 0 Å². The van der Waals surface area contributed by atoms with E-state index in [9.17, 15) is 5.11 Å². The molecule has 0 saturated carbocycles. The Bertz CT molecular complexity index is 1320. The lowest BCUT2D eigenvalue weighted by Crippen LogP contribution is -2.60. The highest BCUT2D eigenvalue weighted by Crippen LogP contribution is 2.31. The number of ether oxygens (including phenoxy) is 1. The first kappa shape index (κ1) is 31.6. The van der Waals surface area contributed by atoms with Crippen molar-refractivity contribution in [2.24, 2.45) is 0 Å². The van der Waals surface area contributed by atoms with Crippen LogP contribution in [0.2, 0.25) is 0 Å². The number of nitrogens with zero attached hydrogens (tertiary/aromatic N) is 2. The lowest BCUT2D eigenvalue weighted by molar-refractivity contribution is 0.0409. The Labute approximate surface area is 241 Å². The van der Waals surface area contributed by atoms with Crippen molar-refractivity contribution in [2.75, 3.05) is 31.1 Å². The second kappa shape index (κ2) is 14.0. The molecule has 1 saturated heterocycles. The topological polar surface area (TPSA) is 51.7 Å². The van der Waals surface area contributed by atoms with Gasteiger partial charge >= 0.3 is 0 Å². The van der Waals surface area contributed by atoms with Crippen molar-refractivity contribution in [3.05, 3.63) is 85.1 Å². The molecule has 0 spiro atoms. The lowest BCUT2D eigenvalue weighted by atomic mass is 9.96. The van der Waals surface area contributed by atoms with E-state index in [0.29, 0.717) is 25.2 Å². The molecule has 0 amide bonds. The third kappa shape index (κ3) is 6.52. The van der Waals surface area contributed by atoms with Crippen LogP contribution in [0.25, 0.3) is 21.7 Å². The molecule has 3 aromatic carbocycles. The van der Waals surface area contributed by atoms with Crippen LogP contribution in [0.5, 0.6) is 5.75 Å². The molecule has 4 heterocycles. The van der Waals surface area contributed by atoms with Crippen LogP contribution >= 0.6 is 27.0 Å². The van der Waals surface area contributed by atoms with Crippen molar-refractivity contribution >= 4 is 54.4 Å². The number of benzene rings is 3. The number of anilines is 1. The number of piperazine rings is 1. The highest BCUT2D eigenvalue weighted by atomic mass is 32.1. The summed E-state index contributed by atoms with van der Waals surface area (Å²) in [6.45, 7) is 2.85. The first-order valence-corrected chi connectivity index (χ1v) is 12.3. The maximum atomic E-state index is 10.9. The van der Waals surface area contributed by atoms with Gasteiger partial charge in [0, 0.05) is 54.5 Å². The van der Waals surface area contributed by atoms with Crippen LogP contribution in [0.1, 0.15) is 27.7 Å². The van der Waals surface area contributed by atoms with Crippen molar-refractivity contribution in [1.82, 2.24) is 9.88 Å². The molecule has 38 heavy (non-hydrogen) atoms. The molecule has 2 N–H and O–H groups in total. The average molecular weight is 554 g/mol. The van der Waals surface area contributed by atoms with Crippen LogP contribution in [0, 0.1) is 0 Å². The highest BCUT2D eigenvalue weighted by Gasteiger charge is 2.35. The molecule has 0 radical (unpaired) electrons. The molecule has 4 aromatic rings. The third-order valence-electron chi connectivity index (χ3n) is 7.29. The van der Waals surface area contributed by atoms with Crippen molar-refractivity contribution in [3.63, 3.8) is 0 Å². The van der Waals surface area contributed by atoms with E-state index < -0.39 is 6.10 Å². The van der Waals surface area contributed by atoms with Gasteiger partial charge in [-0.3, -0.25) is 4.90 Å². The second-order valence-electron chi connectivity index (χ2n) is 9.55. The summed E-state index contributed by atoms with van der Waals surface area (Å²) in [6.07, 6.45) is 8.06. The number of aliphatic hydroxyl groups excluding tert-OH is 1. The Morgan fingerprint density at radius 3 is 2.45 bits per heavy atom. The van der Waals surface area contributed by atoms with Crippen molar-refractivity contribution in [1.29, 1.82) is 0 Å². The zero-order valence-electron chi connectivity index (χ0n) is 20.3. The summed E-state index contributed by atoms with van der Waals surface area (Å²) < 4.78 is 6.03. The third-order valence-corrected chi connectivity index (χ3v) is 7.29. The Kier molecular flexibility index (Phi) is 11.6. The van der Waals surface area contributed by atoms with E-state index in [1.54, 1.807) is 0 Å². The number of hydrogen-bond donors (Lipinski definition) is 2. The van der Waals surface area contributed by atoms with Gasteiger partial charge in [-0.1, -0.05) is 63.4 Å². The van der Waals surface area contributed by atoms with E-state index >= 15 is 0 Å². The maximum Gasteiger partial charge on any atom is 0.128 e. The van der Waals surface area contributed by atoms with Gasteiger partial charge in [-0.2, -0.15) is 27.0 Å². The molecular weight excluding hydrogens is 510 g/mol. The van der Waals surface area contributed by atoms with E-state index in [1.165, 1.54) is 16.5 Å². The van der Waals surface area contributed by atoms with Gasteiger partial charge in [-0.15, -0.1) is 0 Å². The molecule has 5 nitrogen and oxygen atoms in total. The minimum atomic E-state index is -0.534. The molecule has 1 fully saturated rings. The SMILES string of the molecule is C.C.O[C@@H](COc1cccc2[nH]ccc12)CN1C[C@@H]2C/C=C\C[C@H]1CN2c1ccc2ccccc2c1.S.S. The largest absolute Gasteiger partial charge is 0.490 e. The summed E-state index contributed by atoms with van der Waals surface area (Å²) in [4.78, 5) is 8.25. The number of H-pyrrole nitrogens is 1. The summed E-state index contributed by atoms with van der Waals surface area (Å²) in [6, 6.07) is 24.1. The molecule has 2 bridgehead atoms. The quantitative estimate of drug-likeness (QED) is 0.269. The second-order valence-corrected chi connectivity index (χ2v) is 9.55. The summed E-state index contributed by atoms with van der Waals surface area (Å²) in [5, 5.41) is 14.5. The molecule has 0 aliphatic carbocycles. The fourth-order valence-corrected chi connectivity index (χ4v) is 5.53. The molecule has 3 aliphatic heterocycles. The zero-order valence-corrected chi connectivity index (χ0v) is 22.3. The van der Waals surface area contributed by atoms with Gasteiger partial charge in [0.1, 0.15) is 18.5 Å². The Morgan fingerprint density at radius 1 is 0.868 bits per heavy atom. The molecule has 0 unspecified atom stereocenters. The van der Waals surface area contributed by atoms with Gasteiger partial charge in [-0.05, 0) is 53.9 Å². The summed E-state index contributed by atoms with van der Waals surface area (Å²) >= 11 is 0. The Hall–Kier alpha value is -2.58. The van der Waals surface area contributed by atoms with Crippen LogP contribution in [0.15, 0.2) is 85.1 Å². The van der Waals surface area contributed by atoms with E-state index in [1.807, 2.05) is 30.5 Å². The number of aromatic amines is 1. The van der Waals surface area contributed by atoms with Crippen molar-refractivity contribution in [3.8, 4) is 5.75 Å². The van der Waals surface area contributed by atoms with Crippen LogP contribution in [0.3, 0.4) is 0 Å². The molecule has 3 aliphatic rings. The number of nitrogens with one attached hydrogen (secondary N) is 1. The van der Waals surface area contributed by atoms with Gasteiger partial charge in [0.15, 0.2) is 0 Å². The van der Waals surface area contributed by atoms with Gasteiger partial charge in [-0.25, -0.2) is 0 Å². The number of aromatic nitrogens is 1. The monoisotopic (exact) mass is 553 g/mol. The van der Waals surface area contributed by atoms with Crippen LogP contribution in [-0.4, -0.2) is 59.4 Å². The minimum absolute atomic E-state index is 0. The molecule has 3 atom stereocenters. The number of rotatable bonds is 6. The number of hydrogen-bond acceptors (Lipinski definition) is 4. The molecular formula is C31H43N3O2S2. The normalized spacial score (nSPS) is 20.2. The van der Waals surface area contributed by atoms with Gasteiger partial charge < -0.3 is 19.7 Å². The van der Waals surface area contributed by atoms with E-state index in [4.69, 9.17) is 4.74 Å². The van der Waals surface area contributed by atoms with Crippen LogP contribution in [-0.2, 0) is 0 Å². The zero-order chi connectivity index (χ0) is 22.9. The fraction of sp³-hybridized carbons (Fsp3) is 0.355. The first-order chi connectivity index (χ1) is 16.7. The fourth-order valence-electron chi connectivity index (χ4n) is 5.53. The Morgan fingerprint density at radius 2 is 1.63 bits per heavy atom. The highest BCUT2D eigenvalue weighted by molar-refractivity contribution is 7.59. The number of fused-ring (bicyclic) bond motifs is 6. The smallest absolute Gasteiger partial charge is 0.128 e. The summed E-state index contributed by atoms with van der Waals surface area (Å²) in [5.41, 5.74) is 2.35. The first-order valence-electron chi connectivity index (χ1n) is 12.3. The van der Waals surface area contributed by atoms with E-state index in [0.717, 1.165) is 42.6 Å². The molecule has 7 heteroatoms. The number of aliphatic hydroxyl groups is 1. The summed E-state index contributed by atoms with van der Waals surface area (Å²) in [5.74, 6) is 0.817. The predicted molar refractivity (Wildman–Crippen MR) is 173 cm³/mol. The standard InChI is InChI=1S/C29H31N3O2.2CH4.2H2S/c33-26(20-34-29-11-5-10-28-27(29)14-15-30-28)19-31-17-25-9-4-3-8-24(31)18-32(25)23-13-12-21-6-1-2-7-22(21)16-23;;;;/h1-7,10-16,24-26,30,33H,8-9,17-20H2;2*1H4;2*1H2/b4-3-;;;;/t24-,25-,26+;;;;/m0..../s1. The van der Waals surface area contributed by atoms with E-state index in [-0.39, 0.29) is 41.8 Å². The minimum Gasteiger partial charge on any atom is -0.490 e. The average Bonchev–Trinajstić information content (AvgIpc) is 3.33.